The predicted octanol–water partition coefficient (Wildman–Crippen LogP) is 2.34. The summed E-state index contributed by atoms with van der Waals surface area (Å²) in [6.07, 6.45) is 0. The third kappa shape index (κ3) is 3.15. The average Bonchev–Trinajstić information content (AvgIpc) is 2.34. The lowest BCUT2D eigenvalue weighted by Crippen LogP contribution is -2.29. The lowest BCUT2D eigenvalue weighted by Gasteiger charge is -2.08. The van der Waals surface area contributed by atoms with Crippen molar-refractivity contribution in [3.63, 3.8) is 0 Å². The third-order valence-electron chi connectivity index (χ3n) is 2.80. The first kappa shape index (κ1) is 13.6. The Morgan fingerprint density at radius 1 is 1.42 bits per heavy atom. The maximum Gasteiger partial charge on any atom is 0.336 e. The van der Waals surface area contributed by atoms with Crippen LogP contribution in [0.5, 0.6) is 0 Å². The Morgan fingerprint density at radius 3 is 2.84 bits per heavy atom. The van der Waals surface area contributed by atoms with E-state index in [2.05, 4.69) is 5.32 Å². The van der Waals surface area contributed by atoms with Crippen LogP contribution in [0, 0.1) is 6.92 Å². The molecule has 0 aliphatic carbocycles. The fourth-order valence-corrected chi connectivity index (χ4v) is 1.88. The molecular weight excluding hydrogens is 266 g/mol. The maximum absolute atomic E-state index is 11.5. The van der Waals surface area contributed by atoms with Crippen LogP contribution in [0.25, 0.3) is 11.0 Å². The third-order valence-corrected chi connectivity index (χ3v) is 3.00. The molecule has 0 aliphatic heterocycles. The van der Waals surface area contributed by atoms with Crippen molar-refractivity contribution in [2.24, 2.45) is 0 Å². The molecule has 0 spiro atoms. The number of hydrogen-bond acceptors (Lipinski definition) is 3. The van der Waals surface area contributed by atoms with Crippen LogP contribution in [0.1, 0.15) is 18.1 Å². The summed E-state index contributed by atoms with van der Waals surface area (Å²) in [6, 6.07) is 6.99. The van der Waals surface area contributed by atoms with Crippen molar-refractivity contribution in [2.45, 2.75) is 25.8 Å². The van der Waals surface area contributed by atoms with Gasteiger partial charge in [-0.05, 0) is 31.0 Å². The molecule has 1 N–H and O–H groups in total. The number of fused-ring (bicyclic) bond motifs is 1. The van der Waals surface area contributed by atoms with Crippen LogP contribution in [0.4, 0.5) is 0 Å². The summed E-state index contributed by atoms with van der Waals surface area (Å²) in [6.45, 7) is 3.77. The van der Waals surface area contributed by atoms with Crippen LogP contribution in [0.2, 0.25) is 0 Å². The van der Waals surface area contributed by atoms with Gasteiger partial charge in [0.05, 0.1) is 0 Å². The van der Waals surface area contributed by atoms with Crippen LogP contribution in [0.3, 0.4) is 0 Å². The second-order valence-electron chi connectivity index (χ2n) is 4.42. The van der Waals surface area contributed by atoms with Crippen molar-refractivity contribution in [1.29, 1.82) is 0 Å². The Morgan fingerprint density at radius 2 is 2.16 bits per heavy atom. The van der Waals surface area contributed by atoms with E-state index in [4.69, 9.17) is 16.0 Å². The van der Waals surface area contributed by atoms with Gasteiger partial charge in [-0.2, -0.15) is 0 Å². The molecule has 4 nitrogen and oxygen atoms in total. The first-order chi connectivity index (χ1) is 8.97. The second kappa shape index (κ2) is 5.45. The van der Waals surface area contributed by atoms with Crippen LogP contribution in [-0.2, 0) is 11.3 Å². The second-order valence-corrected chi connectivity index (χ2v) is 5.08. The highest BCUT2D eigenvalue weighted by atomic mass is 35.5. The first-order valence-corrected chi connectivity index (χ1v) is 6.36. The van der Waals surface area contributed by atoms with Gasteiger partial charge in [-0.15, -0.1) is 11.6 Å². The zero-order chi connectivity index (χ0) is 14.0. The molecule has 0 bridgehead atoms. The summed E-state index contributed by atoms with van der Waals surface area (Å²) in [5.74, 6) is -0.268. The lowest BCUT2D eigenvalue weighted by atomic mass is 10.1. The predicted molar refractivity (Wildman–Crippen MR) is 74.4 cm³/mol. The standard InChI is InChI=1S/C14H14ClNO3/c1-8-3-4-11-10(7-16-14(18)9(2)15)6-13(17)19-12(11)5-8/h3-6,9H,7H2,1-2H3,(H,16,18). The van der Waals surface area contributed by atoms with Gasteiger partial charge in [-0.1, -0.05) is 12.1 Å². The number of halogens is 1. The highest BCUT2D eigenvalue weighted by molar-refractivity contribution is 6.30. The van der Waals surface area contributed by atoms with Gasteiger partial charge in [0.2, 0.25) is 5.91 Å². The highest BCUT2D eigenvalue weighted by Crippen LogP contribution is 2.18. The molecule has 0 saturated carbocycles. The molecule has 1 heterocycles. The quantitative estimate of drug-likeness (QED) is 0.693. The van der Waals surface area contributed by atoms with Crippen molar-refractivity contribution in [3.8, 4) is 0 Å². The van der Waals surface area contributed by atoms with E-state index in [0.717, 1.165) is 16.5 Å². The van der Waals surface area contributed by atoms with E-state index in [1.54, 1.807) is 13.0 Å². The zero-order valence-corrected chi connectivity index (χ0v) is 11.5. The maximum atomic E-state index is 11.5. The molecule has 100 valence electrons. The number of alkyl halides is 1. The average molecular weight is 280 g/mol. The molecule has 1 amide bonds. The zero-order valence-electron chi connectivity index (χ0n) is 10.7. The number of carbonyl (C=O) groups is 1. The Bertz CT molecular complexity index is 676. The van der Waals surface area contributed by atoms with Crippen LogP contribution >= 0.6 is 11.6 Å². The number of nitrogens with one attached hydrogen (secondary N) is 1. The molecule has 0 aliphatic rings. The summed E-state index contributed by atoms with van der Waals surface area (Å²) in [5.41, 5.74) is 1.82. The van der Waals surface area contributed by atoms with Crippen LogP contribution in [-0.4, -0.2) is 11.3 Å². The minimum absolute atomic E-state index is 0.251. The van der Waals surface area contributed by atoms with Gasteiger partial charge in [0, 0.05) is 18.0 Å². The Labute approximate surface area is 115 Å². The van der Waals surface area contributed by atoms with E-state index < -0.39 is 11.0 Å². The van der Waals surface area contributed by atoms with E-state index >= 15 is 0 Å². The summed E-state index contributed by atoms with van der Waals surface area (Å²) >= 11 is 5.67. The monoisotopic (exact) mass is 279 g/mol. The molecule has 0 radical (unpaired) electrons. The minimum atomic E-state index is -0.603. The molecule has 2 rings (SSSR count). The van der Waals surface area contributed by atoms with Gasteiger partial charge in [-0.25, -0.2) is 4.79 Å². The molecule has 1 atom stereocenters. The smallest absolute Gasteiger partial charge is 0.336 e. The van der Waals surface area contributed by atoms with Gasteiger partial charge < -0.3 is 9.73 Å². The SMILES string of the molecule is Cc1ccc2c(CNC(=O)C(C)Cl)cc(=O)oc2c1. The van der Waals surface area contributed by atoms with Gasteiger partial charge in [0.25, 0.3) is 0 Å². The summed E-state index contributed by atoms with van der Waals surface area (Å²) in [7, 11) is 0. The summed E-state index contributed by atoms with van der Waals surface area (Å²) < 4.78 is 5.14. The number of rotatable bonds is 3. The van der Waals surface area contributed by atoms with Crippen LogP contribution in [0.15, 0.2) is 33.5 Å². The number of amides is 1. The largest absolute Gasteiger partial charge is 0.423 e. The summed E-state index contributed by atoms with van der Waals surface area (Å²) in [4.78, 5) is 22.9. The topological polar surface area (TPSA) is 59.3 Å². The Hall–Kier alpha value is -1.81. The lowest BCUT2D eigenvalue weighted by molar-refractivity contribution is -0.120. The first-order valence-electron chi connectivity index (χ1n) is 5.92. The molecule has 0 fully saturated rings. The molecule has 5 heteroatoms. The van der Waals surface area contributed by atoms with E-state index in [-0.39, 0.29) is 12.5 Å². The fraction of sp³-hybridized carbons (Fsp3) is 0.286. The van der Waals surface area contributed by atoms with E-state index in [1.165, 1.54) is 6.07 Å². The highest BCUT2D eigenvalue weighted by Gasteiger charge is 2.10. The van der Waals surface area contributed by atoms with Crippen molar-refractivity contribution >= 4 is 28.5 Å². The molecule has 0 saturated heterocycles. The van der Waals surface area contributed by atoms with E-state index in [9.17, 15) is 9.59 Å². The molecule has 1 aromatic carbocycles. The van der Waals surface area contributed by atoms with Gasteiger partial charge in [0.15, 0.2) is 0 Å². The van der Waals surface area contributed by atoms with Crippen molar-refractivity contribution in [2.75, 3.05) is 0 Å². The number of aryl methyl sites for hydroxylation is 1. The summed E-state index contributed by atoms with van der Waals surface area (Å²) in [5, 5.41) is 2.89. The molecule has 1 aromatic heterocycles. The Balaban J connectivity index is 2.37. The Kier molecular flexibility index (Phi) is 3.90. The minimum Gasteiger partial charge on any atom is -0.423 e. The van der Waals surface area contributed by atoms with Crippen molar-refractivity contribution < 1.29 is 9.21 Å². The van der Waals surface area contributed by atoms with Crippen molar-refractivity contribution in [1.82, 2.24) is 5.32 Å². The van der Waals surface area contributed by atoms with E-state index in [0.29, 0.717) is 5.58 Å². The molecule has 19 heavy (non-hydrogen) atoms. The molecule has 2 aromatic rings. The fourth-order valence-electron chi connectivity index (χ4n) is 1.81. The molecule has 1 unspecified atom stereocenters. The van der Waals surface area contributed by atoms with Gasteiger partial charge in [-0.3, -0.25) is 4.79 Å². The van der Waals surface area contributed by atoms with E-state index in [1.807, 2.05) is 19.1 Å². The molecular formula is C14H14ClNO3. The normalized spacial score (nSPS) is 12.4. The van der Waals surface area contributed by atoms with Gasteiger partial charge >= 0.3 is 5.63 Å². The van der Waals surface area contributed by atoms with Gasteiger partial charge in [0.1, 0.15) is 11.0 Å². The van der Waals surface area contributed by atoms with Crippen molar-refractivity contribution in [3.05, 3.63) is 45.8 Å². The number of hydrogen-bond donors (Lipinski definition) is 1. The number of benzene rings is 1. The van der Waals surface area contributed by atoms with Crippen LogP contribution < -0.4 is 10.9 Å². The number of carbonyl (C=O) groups excluding carboxylic acids is 1.